The number of sulfone groups is 1. The summed E-state index contributed by atoms with van der Waals surface area (Å²) in [6, 6.07) is 10.9. The number of ether oxygens (including phenoxy) is 1. The van der Waals surface area contributed by atoms with Gasteiger partial charge in [-0.3, -0.25) is 4.90 Å². The van der Waals surface area contributed by atoms with Gasteiger partial charge in [0.15, 0.2) is 9.84 Å². The van der Waals surface area contributed by atoms with Crippen molar-refractivity contribution in [2.24, 2.45) is 0 Å². The normalized spacial score (nSPS) is 17.4. The largest absolute Gasteiger partial charge is 0.465 e. The molecule has 33 heavy (non-hydrogen) atoms. The highest BCUT2D eigenvalue weighted by atomic mass is 32.2. The van der Waals surface area contributed by atoms with Crippen molar-refractivity contribution in [3.8, 4) is 0 Å². The summed E-state index contributed by atoms with van der Waals surface area (Å²) < 4.78 is 70.1. The van der Waals surface area contributed by atoms with Gasteiger partial charge >= 0.3 is 5.97 Å². The van der Waals surface area contributed by atoms with Crippen molar-refractivity contribution in [1.82, 2.24) is 9.62 Å². The van der Waals surface area contributed by atoms with Gasteiger partial charge in [0.05, 0.1) is 29.4 Å². The zero-order chi connectivity index (χ0) is 24.2. The molecule has 1 atom stereocenters. The van der Waals surface area contributed by atoms with Crippen molar-refractivity contribution in [3.05, 3.63) is 70.5 Å². The number of hydrogen-bond donors (Lipinski definition) is 1. The summed E-state index contributed by atoms with van der Waals surface area (Å²) in [6.45, 7) is 2.71. The van der Waals surface area contributed by atoms with E-state index in [0.29, 0.717) is 25.2 Å². The van der Waals surface area contributed by atoms with Crippen molar-refractivity contribution in [1.29, 1.82) is 0 Å². The summed E-state index contributed by atoms with van der Waals surface area (Å²) in [5.74, 6) is -1.14. The van der Waals surface area contributed by atoms with Crippen molar-refractivity contribution in [3.63, 3.8) is 0 Å². The second kappa shape index (κ2) is 10.3. The Morgan fingerprint density at radius 1 is 1.18 bits per heavy atom. The predicted octanol–water partition coefficient (Wildman–Crippen LogP) is 2.02. The Kier molecular flexibility index (Phi) is 7.88. The Bertz CT molecular complexity index is 1220. The highest BCUT2D eigenvalue weighted by molar-refractivity contribution is 7.91. The van der Waals surface area contributed by atoms with Gasteiger partial charge in [-0.25, -0.2) is 30.7 Å². The third kappa shape index (κ3) is 6.59. The van der Waals surface area contributed by atoms with Crippen molar-refractivity contribution < 1.29 is 30.8 Å². The third-order valence-electron chi connectivity index (χ3n) is 5.67. The van der Waals surface area contributed by atoms with Gasteiger partial charge in [-0.1, -0.05) is 30.3 Å². The fourth-order valence-electron chi connectivity index (χ4n) is 3.53. The molecule has 1 N–H and O–H groups in total. The van der Waals surface area contributed by atoms with Gasteiger partial charge in [0.1, 0.15) is 5.82 Å². The average molecular weight is 499 g/mol. The Hall–Kier alpha value is -2.34. The van der Waals surface area contributed by atoms with E-state index >= 15 is 0 Å². The molecule has 8 nitrogen and oxygen atoms in total. The highest BCUT2D eigenvalue weighted by Gasteiger charge is 2.24. The fraction of sp³-hybridized carbons (Fsp3) is 0.409. The molecule has 0 spiro atoms. The Balaban J connectivity index is 1.66. The molecule has 0 aliphatic carbocycles. The van der Waals surface area contributed by atoms with Crippen LogP contribution in [0.5, 0.6) is 0 Å². The number of benzene rings is 2. The number of methoxy groups -OCH3 is 1. The summed E-state index contributed by atoms with van der Waals surface area (Å²) in [6.07, 6.45) is 0. The first-order chi connectivity index (χ1) is 15.5. The van der Waals surface area contributed by atoms with Gasteiger partial charge in [-0.15, -0.1) is 0 Å². The minimum atomic E-state index is -3.83. The minimum Gasteiger partial charge on any atom is -0.465 e. The second-order valence-corrected chi connectivity index (χ2v) is 12.4. The van der Waals surface area contributed by atoms with Crippen LogP contribution in [-0.2, 0) is 37.7 Å². The van der Waals surface area contributed by atoms with Crippen LogP contribution >= 0.6 is 0 Å². The Labute approximate surface area is 193 Å². The van der Waals surface area contributed by atoms with Gasteiger partial charge in [0.25, 0.3) is 0 Å². The van der Waals surface area contributed by atoms with Crippen molar-refractivity contribution in [2.45, 2.75) is 25.3 Å². The molecule has 2 aromatic rings. The Morgan fingerprint density at radius 3 is 2.52 bits per heavy atom. The summed E-state index contributed by atoms with van der Waals surface area (Å²) in [5, 5.41) is -0.892. The van der Waals surface area contributed by atoms with Gasteiger partial charge in [0.2, 0.25) is 10.0 Å². The molecule has 1 heterocycles. The van der Waals surface area contributed by atoms with E-state index in [-0.39, 0.29) is 29.2 Å². The number of esters is 1. The van der Waals surface area contributed by atoms with E-state index in [1.54, 1.807) is 25.1 Å². The van der Waals surface area contributed by atoms with Crippen LogP contribution in [0.15, 0.2) is 42.5 Å². The number of rotatable bonds is 8. The van der Waals surface area contributed by atoms with Crippen LogP contribution in [0.3, 0.4) is 0 Å². The molecule has 1 saturated heterocycles. The SMILES string of the molecule is COC(=O)c1ccc(CNS(=O)(=O)C(C)c2cccc(CN3CCS(=O)(=O)CC3)c2)c(F)c1. The molecule has 0 radical (unpaired) electrons. The van der Waals surface area contributed by atoms with Crippen LogP contribution in [0.1, 0.15) is 39.2 Å². The lowest BCUT2D eigenvalue weighted by atomic mass is 10.1. The zero-order valence-electron chi connectivity index (χ0n) is 18.5. The first-order valence-electron chi connectivity index (χ1n) is 10.4. The quantitative estimate of drug-likeness (QED) is 0.555. The van der Waals surface area contributed by atoms with Gasteiger partial charge in [0, 0.05) is 31.7 Å². The standard InChI is InChI=1S/C22H27FN2O6S2/c1-16(18-5-3-4-17(12-18)15-25-8-10-32(27,28)11-9-25)33(29,30)24-14-20-7-6-19(13-21(20)23)22(26)31-2/h3-7,12-13,16,24H,8-11,14-15H2,1-2H3. The minimum absolute atomic E-state index is 0.0399. The smallest absolute Gasteiger partial charge is 0.337 e. The highest BCUT2D eigenvalue weighted by Crippen LogP contribution is 2.23. The number of carbonyl (C=O) groups is 1. The summed E-state index contributed by atoms with van der Waals surface area (Å²) in [7, 11) is -5.60. The Morgan fingerprint density at radius 2 is 1.88 bits per heavy atom. The topological polar surface area (TPSA) is 110 Å². The van der Waals surface area contributed by atoms with Crippen molar-refractivity contribution >= 4 is 25.8 Å². The number of nitrogens with zero attached hydrogens (tertiary/aromatic N) is 1. The lowest BCUT2D eigenvalue weighted by Crippen LogP contribution is -2.39. The molecule has 0 bridgehead atoms. The van der Waals surface area contributed by atoms with Crippen LogP contribution in [0.4, 0.5) is 4.39 Å². The first kappa shape index (κ1) is 25.3. The number of halogens is 1. The predicted molar refractivity (Wildman–Crippen MR) is 122 cm³/mol. The molecule has 2 aromatic carbocycles. The molecule has 1 aliphatic heterocycles. The molecule has 180 valence electrons. The first-order valence-corrected chi connectivity index (χ1v) is 13.7. The van der Waals surface area contributed by atoms with Gasteiger partial charge in [-0.05, 0) is 30.2 Å². The van der Waals surface area contributed by atoms with E-state index in [1.807, 2.05) is 11.0 Å². The van der Waals surface area contributed by atoms with E-state index in [4.69, 9.17) is 0 Å². The maximum atomic E-state index is 14.3. The van der Waals surface area contributed by atoms with Crippen LogP contribution in [0, 0.1) is 5.82 Å². The molecular weight excluding hydrogens is 471 g/mol. The maximum Gasteiger partial charge on any atom is 0.337 e. The molecule has 1 fully saturated rings. The molecule has 3 rings (SSSR count). The lowest BCUT2D eigenvalue weighted by molar-refractivity contribution is 0.0600. The maximum absolute atomic E-state index is 14.3. The summed E-state index contributed by atoms with van der Waals surface area (Å²) in [4.78, 5) is 13.5. The second-order valence-electron chi connectivity index (χ2n) is 7.98. The van der Waals surface area contributed by atoms with E-state index in [1.165, 1.54) is 19.2 Å². The molecule has 0 saturated carbocycles. The molecule has 1 aliphatic rings. The van der Waals surface area contributed by atoms with Crippen LogP contribution in [-0.4, -0.2) is 59.4 Å². The van der Waals surface area contributed by atoms with E-state index < -0.39 is 36.9 Å². The molecular formula is C22H27FN2O6S2. The fourth-order valence-corrected chi connectivity index (χ4v) is 5.92. The lowest BCUT2D eigenvalue weighted by Gasteiger charge is -2.26. The average Bonchev–Trinajstić information content (AvgIpc) is 2.78. The van der Waals surface area contributed by atoms with Crippen LogP contribution in [0.25, 0.3) is 0 Å². The summed E-state index contributed by atoms with van der Waals surface area (Å²) >= 11 is 0. The number of sulfonamides is 1. The number of nitrogens with one attached hydrogen (secondary N) is 1. The van der Waals surface area contributed by atoms with Crippen LogP contribution < -0.4 is 4.72 Å². The number of hydrogen-bond acceptors (Lipinski definition) is 7. The third-order valence-corrected chi connectivity index (χ3v) is 9.03. The zero-order valence-corrected chi connectivity index (χ0v) is 20.1. The molecule has 0 amide bonds. The van der Waals surface area contributed by atoms with Gasteiger partial charge < -0.3 is 4.74 Å². The molecule has 1 unspecified atom stereocenters. The van der Waals surface area contributed by atoms with Crippen molar-refractivity contribution in [2.75, 3.05) is 31.7 Å². The van der Waals surface area contributed by atoms with E-state index in [2.05, 4.69) is 9.46 Å². The van der Waals surface area contributed by atoms with Crippen LogP contribution in [0.2, 0.25) is 0 Å². The van der Waals surface area contributed by atoms with E-state index in [9.17, 15) is 26.0 Å². The number of carbonyl (C=O) groups excluding carboxylic acids is 1. The summed E-state index contributed by atoms with van der Waals surface area (Å²) in [5.41, 5.74) is 1.61. The monoisotopic (exact) mass is 498 g/mol. The molecule has 0 aromatic heterocycles. The molecule has 11 heteroatoms. The van der Waals surface area contributed by atoms with E-state index in [0.717, 1.165) is 11.6 Å². The van der Waals surface area contributed by atoms with Gasteiger partial charge in [-0.2, -0.15) is 0 Å².